The molecule has 0 radical (unpaired) electrons. The van der Waals surface area contributed by atoms with Gasteiger partial charge in [-0.3, -0.25) is 4.79 Å². The van der Waals surface area contributed by atoms with E-state index < -0.39 is 6.08 Å². The smallest absolute Gasteiger partial charge is 0.274 e. The van der Waals surface area contributed by atoms with Crippen LogP contribution in [0.3, 0.4) is 0 Å². The van der Waals surface area contributed by atoms with Crippen molar-refractivity contribution in [1.29, 1.82) is 0 Å². The maximum absolute atomic E-state index is 13.7. The second-order valence-corrected chi connectivity index (χ2v) is 6.83. The Morgan fingerprint density at radius 1 is 0.793 bits per heavy atom. The van der Waals surface area contributed by atoms with Crippen LogP contribution in [0.2, 0.25) is 0 Å². The Hall–Kier alpha value is -3.27. The first-order chi connectivity index (χ1) is 14.1. The lowest BCUT2D eigenvalue weighted by molar-refractivity contribution is 0.0936. The summed E-state index contributed by atoms with van der Waals surface area (Å²) in [7, 11) is 0. The molecule has 1 amide bonds. The summed E-state index contributed by atoms with van der Waals surface area (Å²) in [4.78, 5) is 12.4. The first-order valence-corrected chi connectivity index (χ1v) is 9.64. The molecule has 0 aromatic heterocycles. The van der Waals surface area contributed by atoms with Crippen molar-refractivity contribution in [2.45, 2.75) is 25.8 Å². The predicted molar refractivity (Wildman–Crippen MR) is 114 cm³/mol. The maximum Gasteiger partial charge on any atom is 0.274 e. The highest BCUT2D eigenvalue weighted by Crippen LogP contribution is 2.29. The van der Waals surface area contributed by atoms with Crippen LogP contribution in [-0.4, -0.2) is 11.9 Å². The van der Waals surface area contributed by atoms with Crippen molar-refractivity contribution in [2.75, 3.05) is 0 Å². The van der Waals surface area contributed by atoms with Crippen molar-refractivity contribution >= 4 is 11.5 Å². The van der Waals surface area contributed by atoms with Gasteiger partial charge in [-0.25, -0.2) is 0 Å². The third-order valence-electron chi connectivity index (χ3n) is 4.88. The Morgan fingerprint density at radius 2 is 1.34 bits per heavy atom. The van der Waals surface area contributed by atoms with Gasteiger partial charge in [0.25, 0.3) is 12.0 Å². The Kier molecular flexibility index (Phi) is 6.90. The minimum absolute atomic E-state index is 0.0372. The largest absolute Gasteiger partial charge is 0.349 e. The molecule has 0 heterocycles. The van der Waals surface area contributed by atoms with Crippen LogP contribution in [0.15, 0.2) is 91.0 Å². The minimum atomic E-state index is -1.72. The number of carbonyl (C=O) groups excluding carboxylic acids is 1. The summed E-state index contributed by atoms with van der Waals surface area (Å²) in [6.45, 7) is 1.88. The van der Waals surface area contributed by atoms with Crippen LogP contribution in [0, 0.1) is 0 Å². The van der Waals surface area contributed by atoms with Gasteiger partial charge >= 0.3 is 0 Å². The van der Waals surface area contributed by atoms with Gasteiger partial charge in [0.05, 0.1) is 0 Å². The highest BCUT2D eigenvalue weighted by molar-refractivity contribution is 5.94. The molecule has 0 aliphatic heterocycles. The monoisotopic (exact) mass is 391 g/mol. The number of rotatable bonds is 7. The fourth-order valence-corrected chi connectivity index (χ4v) is 3.20. The van der Waals surface area contributed by atoms with Crippen molar-refractivity contribution < 1.29 is 13.6 Å². The normalized spacial score (nSPS) is 11.6. The topological polar surface area (TPSA) is 29.1 Å². The van der Waals surface area contributed by atoms with Gasteiger partial charge in [-0.2, -0.15) is 8.78 Å². The predicted octanol–water partition coefficient (Wildman–Crippen LogP) is 6.56. The average molecular weight is 391 g/mol. The van der Waals surface area contributed by atoms with Gasteiger partial charge in [-0.05, 0) is 41.7 Å². The number of carbonyl (C=O) groups is 1. The molecule has 3 aromatic carbocycles. The van der Waals surface area contributed by atoms with Crippen molar-refractivity contribution in [3.63, 3.8) is 0 Å². The zero-order valence-corrected chi connectivity index (χ0v) is 16.2. The molecule has 0 saturated carbocycles. The molecule has 148 valence electrons. The third kappa shape index (κ3) is 5.38. The highest BCUT2D eigenvalue weighted by Gasteiger charge is 2.18. The summed E-state index contributed by atoms with van der Waals surface area (Å²) in [6, 6.07) is 25.3. The molecule has 1 atom stereocenters. The lowest BCUT2D eigenvalue weighted by atomic mass is 9.95. The summed E-state index contributed by atoms with van der Waals surface area (Å²) in [6.07, 6.45) is -1.09. The fourth-order valence-electron chi connectivity index (χ4n) is 3.20. The van der Waals surface area contributed by atoms with E-state index in [1.807, 2.05) is 55.5 Å². The summed E-state index contributed by atoms with van der Waals surface area (Å²) in [5.41, 5.74) is 2.95. The minimum Gasteiger partial charge on any atom is -0.349 e. The van der Waals surface area contributed by atoms with Gasteiger partial charge in [-0.1, -0.05) is 79.7 Å². The molecule has 3 rings (SSSR count). The third-order valence-corrected chi connectivity index (χ3v) is 4.88. The van der Waals surface area contributed by atoms with E-state index in [1.54, 1.807) is 36.4 Å². The van der Waals surface area contributed by atoms with E-state index in [9.17, 15) is 13.6 Å². The standard InChI is InChI=1S/C25H23F2NO/c1-2-22(28-25(29)21-11-7-4-8-12-21)17-23(24(26)27)20-15-13-19(14-16-20)18-9-5-3-6-10-18/h3-16,22H,2,17H2,1H3,(H,28,29). The van der Waals surface area contributed by atoms with Crippen molar-refractivity contribution in [3.8, 4) is 11.1 Å². The van der Waals surface area contributed by atoms with Crippen molar-refractivity contribution in [3.05, 3.63) is 102 Å². The van der Waals surface area contributed by atoms with Crippen molar-refractivity contribution in [2.24, 2.45) is 0 Å². The number of nitrogens with one attached hydrogen (secondary N) is 1. The van der Waals surface area contributed by atoms with Crippen LogP contribution in [0.5, 0.6) is 0 Å². The number of hydrogen-bond donors (Lipinski definition) is 1. The van der Waals surface area contributed by atoms with E-state index in [-0.39, 0.29) is 23.9 Å². The molecule has 4 heteroatoms. The van der Waals surface area contributed by atoms with Gasteiger partial charge in [-0.15, -0.1) is 0 Å². The SMILES string of the molecule is CCC(CC(=C(F)F)c1ccc(-c2ccccc2)cc1)NC(=O)c1ccccc1. The van der Waals surface area contributed by atoms with E-state index in [2.05, 4.69) is 5.32 Å². The Labute approximate surface area is 169 Å². The zero-order chi connectivity index (χ0) is 20.6. The van der Waals surface area contributed by atoms with Crippen LogP contribution in [0.25, 0.3) is 16.7 Å². The first kappa shape index (κ1) is 20.5. The molecule has 0 bridgehead atoms. The molecular weight excluding hydrogens is 368 g/mol. The molecule has 1 N–H and O–H groups in total. The summed E-state index contributed by atoms with van der Waals surface area (Å²) in [5, 5.41) is 2.87. The number of halogens is 2. The number of amides is 1. The van der Waals surface area contributed by atoms with Crippen LogP contribution in [-0.2, 0) is 0 Å². The molecule has 0 spiro atoms. The zero-order valence-electron chi connectivity index (χ0n) is 16.2. The van der Waals surface area contributed by atoms with Gasteiger partial charge in [0.15, 0.2) is 0 Å². The van der Waals surface area contributed by atoms with Gasteiger partial charge in [0.1, 0.15) is 0 Å². The van der Waals surface area contributed by atoms with Crippen LogP contribution in [0.4, 0.5) is 8.78 Å². The molecular formula is C25H23F2NO. The molecule has 2 nitrogen and oxygen atoms in total. The Bertz CT molecular complexity index is 963. The first-order valence-electron chi connectivity index (χ1n) is 9.64. The van der Waals surface area contributed by atoms with E-state index in [0.717, 1.165) is 11.1 Å². The molecule has 0 fully saturated rings. The summed E-state index contributed by atoms with van der Waals surface area (Å²) < 4.78 is 27.5. The second kappa shape index (κ2) is 9.78. The second-order valence-electron chi connectivity index (χ2n) is 6.83. The van der Waals surface area contributed by atoms with E-state index >= 15 is 0 Å². The highest BCUT2D eigenvalue weighted by atomic mass is 19.3. The van der Waals surface area contributed by atoms with Crippen LogP contribution >= 0.6 is 0 Å². The van der Waals surface area contributed by atoms with Gasteiger partial charge < -0.3 is 5.32 Å². The van der Waals surface area contributed by atoms with Crippen LogP contribution in [0.1, 0.15) is 35.7 Å². The lowest BCUT2D eigenvalue weighted by Gasteiger charge is -2.19. The molecule has 0 aliphatic rings. The summed E-state index contributed by atoms with van der Waals surface area (Å²) in [5.74, 6) is -0.254. The molecule has 3 aromatic rings. The lowest BCUT2D eigenvalue weighted by Crippen LogP contribution is -2.34. The van der Waals surface area contributed by atoms with Crippen molar-refractivity contribution in [1.82, 2.24) is 5.32 Å². The Morgan fingerprint density at radius 3 is 1.90 bits per heavy atom. The quantitative estimate of drug-likeness (QED) is 0.485. The molecule has 29 heavy (non-hydrogen) atoms. The molecule has 0 aliphatic carbocycles. The number of benzene rings is 3. The van der Waals surface area contributed by atoms with Gasteiger partial charge in [0.2, 0.25) is 0 Å². The summed E-state index contributed by atoms with van der Waals surface area (Å²) >= 11 is 0. The van der Waals surface area contributed by atoms with Crippen LogP contribution < -0.4 is 5.32 Å². The average Bonchev–Trinajstić information content (AvgIpc) is 2.77. The van der Waals surface area contributed by atoms with Gasteiger partial charge in [0, 0.05) is 17.2 Å². The Balaban J connectivity index is 1.75. The van der Waals surface area contributed by atoms with E-state index in [4.69, 9.17) is 0 Å². The maximum atomic E-state index is 13.7. The van der Waals surface area contributed by atoms with E-state index in [1.165, 1.54) is 0 Å². The van der Waals surface area contributed by atoms with E-state index in [0.29, 0.717) is 17.5 Å². The number of hydrogen-bond acceptors (Lipinski definition) is 1. The molecule has 0 saturated heterocycles. The molecule has 1 unspecified atom stereocenters. The fraction of sp³-hybridized carbons (Fsp3) is 0.160.